The van der Waals surface area contributed by atoms with Gasteiger partial charge in [0.15, 0.2) is 34.8 Å². The first-order valence-electron chi connectivity index (χ1n) is 14.0. The van der Waals surface area contributed by atoms with Crippen molar-refractivity contribution in [3.05, 3.63) is 33.4 Å². The molecule has 0 aromatic carbocycles. The Balaban J connectivity index is 1.17. The number of imidazole rings is 2. The minimum Gasteiger partial charge on any atom is -0.387 e. The first-order valence-corrected chi connectivity index (χ1v) is 17.5. The van der Waals surface area contributed by atoms with Gasteiger partial charge < -0.3 is 59.5 Å². The van der Waals surface area contributed by atoms with E-state index in [0.29, 0.717) is 0 Å². The molecule has 0 radical (unpaired) electrons. The first kappa shape index (κ1) is 32.9. The lowest BCUT2D eigenvalue weighted by Crippen LogP contribution is -2.37. The van der Waals surface area contributed by atoms with E-state index in [1.807, 2.05) is 0 Å². The van der Waals surface area contributed by atoms with Crippen LogP contribution in [0.4, 0.5) is 11.9 Å². The summed E-state index contributed by atoms with van der Waals surface area (Å²) in [6.07, 6.45) is -11.4. The van der Waals surface area contributed by atoms with Crippen LogP contribution in [0.5, 0.6) is 0 Å². The number of aromatic nitrogens is 8. The summed E-state index contributed by atoms with van der Waals surface area (Å²) in [4.78, 5) is 66.4. The van der Waals surface area contributed by atoms with Gasteiger partial charge >= 0.3 is 15.2 Å². The van der Waals surface area contributed by atoms with Gasteiger partial charge in [-0.1, -0.05) is 0 Å². The van der Waals surface area contributed by atoms with Gasteiger partial charge in [-0.05, 0) is 0 Å². The number of fused-ring (bicyclic) bond motifs is 5. The van der Waals surface area contributed by atoms with Gasteiger partial charge in [0.2, 0.25) is 11.9 Å². The summed E-state index contributed by atoms with van der Waals surface area (Å²) in [5.74, 6) is -0.514. The quantitative estimate of drug-likeness (QED) is 0.0959. The molecule has 48 heavy (non-hydrogen) atoms. The van der Waals surface area contributed by atoms with Gasteiger partial charge in [0, 0.05) is 0 Å². The van der Waals surface area contributed by atoms with Crippen molar-refractivity contribution in [2.75, 3.05) is 37.4 Å². The molecule has 3 aliphatic heterocycles. The second kappa shape index (κ2) is 12.0. The van der Waals surface area contributed by atoms with Gasteiger partial charge in [0.25, 0.3) is 11.1 Å². The van der Waals surface area contributed by atoms with Crippen LogP contribution < -0.4 is 22.6 Å². The molecule has 10 atom stereocenters. The molecule has 7 heterocycles. The van der Waals surface area contributed by atoms with Crippen molar-refractivity contribution in [1.82, 2.24) is 39.0 Å². The van der Waals surface area contributed by atoms with Crippen LogP contribution in [0.1, 0.15) is 12.5 Å². The average molecular weight is 718 g/mol. The zero-order chi connectivity index (χ0) is 34.1. The van der Waals surface area contributed by atoms with E-state index >= 15 is 0 Å². The number of nitrogens with two attached hydrogens (primary N) is 2. The minimum absolute atomic E-state index is 0.0723. The van der Waals surface area contributed by atoms with Gasteiger partial charge in [-0.15, -0.1) is 0 Å². The summed E-state index contributed by atoms with van der Waals surface area (Å²) in [6.45, 7) is -1.42. The highest BCUT2D eigenvalue weighted by molar-refractivity contribution is 7.52. The molecule has 10 N–H and O–H groups in total. The Hall–Kier alpha value is -3.64. The highest BCUT2D eigenvalue weighted by atomic mass is 31.2. The fourth-order valence-corrected chi connectivity index (χ4v) is 7.25. The van der Waals surface area contributed by atoms with Crippen LogP contribution in [0.2, 0.25) is 0 Å². The molecule has 4 aromatic rings. The Morgan fingerprint density at radius 2 is 1.23 bits per heavy atom. The van der Waals surface area contributed by atoms with Crippen LogP contribution in [0, 0.1) is 0 Å². The fraction of sp³-hybridized carbons (Fsp3) is 0.545. The van der Waals surface area contributed by atoms with E-state index < -0.39 is 101 Å². The van der Waals surface area contributed by atoms with Crippen molar-refractivity contribution in [2.24, 2.45) is 0 Å². The molecule has 260 valence electrons. The van der Waals surface area contributed by atoms with Crippen molar-refractivity contribution in [3.8, 4) is 0 Å². The van der Waals surface area contributed by atoms with Crippen LogP contribution in [-0.2, 0) is 37.1 Å². The Morgan fingerprint density at radius 3 is 1.79 bits per heavy atom. The number of rotatable bonds is 2. The highest BCUT2D eigenvalue weighted by Gasteiger charge is 2.50. The lowest BCUT2D eigenvalue weighted by Gasteiger charge is -2.24. The lowest BCUT2D eigenvalue weighted by atomic mass is 10.1. The van der Waals surface area contributed by atoms with E-state index in [1.165, 1.54) is 9.13 Å². The molecule has 0 saturated carbocycles. The largest absolute Gasteiger partial charge is 0.387 e. The van der Waals surface area contributed by atoms with E-state index in [-0.39, 0.29) is 34.2 Å². The number of aliphatic hydroxyl groups excluding tert-OH is 2. The first-order chi connectivity index (χ1) is 22.7. The predicted octanol–water partition coefficient (Wildman–Crippen LogP) is -2.96. The van der Waals surface area contributed by atoms with E-state index in [0.717, 1.165) is 12.7 Å². The molecule has 24 nitrogen and oxygen atoms in total. The van der Waals surface area contributed by atoms with Crippen LogP contribution in [0.3, 0.4) is 0 Å². The second-order valence-electron chi connectivity index (χ2n) is 11.0. The fourth-order valence-electron chi connectivity index (χ4n) is 5.62. The zero-order valence-corrected chi connectivity index (χ0v) is 26.0. The summed E-state index contributed by atoms with van der Waals surface area (Å²) in [6, 6.07) is 0. The van der Waals surface area contributed by atoms with Gasteiger partial charge in [-0.3, -0.25) is 37.8 Å². The zero-order valence-electron chi connectivity index (χ0n) is 24.2. The van der Waals surface area contributed by atoms with Gasteiger partial charge in [-0.2, -0.15) is 9.97 Å². The maximum absolute atomic E-state index is 13.1. The molecule has 2 unspecified atom stereocenters. The maximum atomic E-state index is 13.1. The van der Waals surface area contributed by atoms with E-state index in [9.17, 15) is 38.7 Å². The molecular formula is C22H28N10O14P2. The number of H-pyrrole nitrogens is 2. The number of nitrogens with one attached hydrogen (secondary N) is 2. The Kier molecular flexibility index (Phi) is 8.25. The summed E-state index contributed by atoms with van der Waals surface area (Å²) < 4.78 is 62.0. The molecule has 2 bridgehead atoms. The number of hydrogen-bond donors (Lipinski definition) is 8. The third-order valence-corrected chi connectivity index (χ3v) is 9.87. The SMILES string of the molecule is Nc1nc2c(ncn2[C@@H]2O[C@@H]3COP(=O)(O)CO[C@@H]4[C@H](O)[C@H](COP(=O)(O)CO[C@H]3[C@H]2O)O[C@H]4n2cnc3c(=O)[nH]c(N)nc32)c(=O)[nH]1. The third-order valence-electron chi connectivity index (χ3n) is 7.81. The van der Waals surface area contributed by atoms with Crippen LogP contribution in [0.25, 0.3) is 22.3 Å². The smallest absolute Gasteiger partial charge is 0.353 e. The van der Waals surface area contributed by atoms with Crippen molar-refractivity contribution in [3.63, 3.8) is 0 Å². The van der Waals surface area contributed by atoms with Crippen LogP contribution >= 0.6 is 15.2 Å². The third kappa shape index (κ3) is 5.95. The molecule has 0 amide bonds. The number of anilines is 2. The van der Waals surface area contributed by atoms with E-state index in [4.69, 9.17) is 39.5 Å². The van der Waals surface area contributed by atoms with E-state index in [1.54, 1.807) is 0 Å². The standard InChI is InChI=1S/C22H28N10O14P2/c23-21-27-15-9(17(35)29-21)25-3-31(15)19-12(34)13-8(46-19)2-44-48(39,40)6-42-14-11(33)7(1-43-47(37,38)5-41-13)45-20(14)32-4-26-10-16(32)28-22(24)30-18(10)36/h3-4,7-8,11-14,19-20,33-34H,1-2,5-6H2,(H,37,38)(H,39,40)(H3,23,27,29,35)(H3,24,28,30,36)/t7-,8+,11+,12+,13+,14+,19+,20+/m0/s1. The molecule has 0 aliphatic carbocycles. The van der Waals surface area contributed by atoms with Crippen molar-refractivity contribution in [1.29, 1.82) is 0 Å². The van der Waals surface area contributed by atoms with Crippen molar-refractivity contribution < 1.29 is 57.1 Å². The average Bonchev–Trinajstić information content (AvgIpc) is 3.76. The number of nitrogens with zero attached hydrogens (tertiary/aromatic N) is 6. The maximum Gasteiger partial charge on any atom is 0.353 e. The minimum atomic E-state index is -4.68. The predicted molar refractivity (Wildman–Crippen MR) is 156 cm³/mol. The summed E-state index contributed by atoms with van der Waals surface area (Å²) in [5, 5.41) is 22.3. The monoisotopic (exact) mass is 718 g/mol. The van der Waals surface area contributed by atoms with E-state index in [2.05, 4.69) is 29.9 Å². The second-order valence-corrected chi connectivity index (χ2v) is 14.6. The number of aliphatic hydroxyl groups is 2. The number of ether oxygens (including phenoxy) is 4. The molecular weight excluding hydrogens is 690 g/mol. The normalized spacial score (nSPS) is 36.6. The molecule has 4 aromatic heterocycles. The Morgan fingerprint density at radius 1 is 0.750 bits per heavy atom. The highest BCUT2D eigenvalue weighted by Crippen LogP contribution is 2.48. The van der Waals surface area contributed by atoms with Gasteiger partial charge in [-0.25, -0.2) is 9.97 Å². The van der Waals surface area contributed by atoms with Crippen molar-refractivity contribution >= 4 is 49.4 Å². The van der Waals surface area contributed by atoms with Crippen molar-refractivity contribution in [2.45, 2.75) is 49.1 Å². The van der Waals surface area contributed by atoms with Crippen LogP contribution in [0.15, 0.2) is 22.2 Å². The molecule has 7 rings (SSSR count). The Bertz CT molecular complexity index is 2090. The summed E-state index contributed by atoms with van der Waals surface area (Å²) in [7, 11) is -9.33. The summed E-state index contributed by atoms with van der Waals surface area (Å²) in [5.41, 5.74) is 9.57. The Labute approximate surface area is 265 Å². The molecule has 3 fully saturated rings. The molecule has 26 heteroatoms. The number of hydrogen-bond acceptors (Lipinski definition) is 18. The molecule has 3 saturated heterocycles. The number of aromatic amines is 2. The van der Waals surface area contributed by atoms with Gasteiger partial charge in [0.1, 0.15) is 49.3 Å². The lowest BCUT2D eigenvalue weighted by molar-refractivity contribution is -0.0696. The van der Waals surface area contributed by atoms with Gasteiger partial charge in [0.05, 0.1) is 25.9 Å². The molecule has 0 spiro atoms. The van der Waals surface area contributed by atoms with Crippen LogP contribution in [-0.4, -0.2) is 122 Å². The summed E-state index contributed by atoms with van der Waals surface area (Å²) >= 11 is 0. The topological polar surface area (TPSA) is 350 Å². The molecule has 3 aliphatic rings. The number of nitrogen functional groups attached to an aromatic ring is 2.